The molecule has 0 aliphatic heterocycles. The first kappa shape index (κ1) is 25.7. The Labute approximate surface area is 223 Å². The summed E-state index contributed by atoms with van der Waals surface area (Å²) in [6.45, 7) is 2.47. The third-order valence-electron chi connectivity index (χ3n) is 7.81. The molecule has 0 unspecified atom stereocenters. The molecule has 38 heavy (non-hydrogen) atoms. The van der Waals surface area contributed by atoms with Gasteiger partial charge in [0.2, 0.25) is 0 Å². The van der Waals surface area contributed by atoms with E-state index in [1.165, 1.54) is 48.7 Å². The van der Waals surface area contributed by atoms with Crippen LogP contribution in [-0.4, -0.2) is 20.6 Å². The molecule has 4 aromatic rings. The minimum atomic E-state index is -1.07. The summed E-state index contributed by atoms with van der Waals surface area (Å²) in [5.74, 6) is 0.501. The summed E-state index contributed by atoms with van der Waals surface area (Å²) in [5, 5.41) is 12.9. The lowest BCUT2D eigenvalue weighted by Crippen LogP contribution is -2.27. The summed E-state index contributed by atoms with van der Waals surface area (Å²) in [5.41, 5.74) is 4.95. The predicted octanol–water partition coefficient (Wildman–Crippen LogP) is 6.83. The number of aromatic nitrogens is 2. The SMILES string of the molecule is CCCC1CCC(c2ccc(CNc3ccccc3-c3nc4ccccc4n(CC(=O)O)c3=O)cc2)CC1. The Kier molecular flexibility index (Phi) is 7.87. The summed E-state index contributed by atoms with van der Waals surface area (Å²) in [4.78, 5) is 29.6. The van der Waals surface area contributed by atoms with Crippen LogP contribution in [0.5, 0.6) is 0 Å². The molecule has 0 amide bonds. The molecule has 0 atom stereocenters. The summed E-state index contributed by atoms with van der Waals surface area (Å²) in [6, 6.07) is 23.6. The molecule has 1 aliphatic rings. The van der Waals surface area contributed by atoms with Crippen LogP contribution in [-0.2, 0) is 17.9 Å². The highest BCUT2D eigenvalue weighted by atomic mass is 16.4. The van der Waals surface area contributed by atoms with Gasteiger partial charge in [-0.05, 0) is 66.8 Å². The molecule has 6 nitrogen and oxygen atoms in total. The molecule has 1 aliphatic carbocycles. The second-order valence-corrected chi connectivity index (χ2v) is 10.4. The standard InChI is InChI=1S/C32H35N3O3/c1-2-7-22-12-16-24(17-13-22)25-18-14-23(15-19-25)20-33-27-9-4-3-8-26(27)31-32(38)35(21-30(36)37)29-11-6-5-10-28(29)34-31/h3-6,8-11,14-15,18-19,22,24,33H,2,7,12-13,16-17,20-21H2,1H3,(H,36,37). The number of para-hydroxylation sites is 3. The van der Waals surface area contributed by atoms with Gasteiger partial charge >= 0.3 is 5.97 Å². The maximum Gasteiger partial charge on any atom is 0.323 e. The van der Waals surface area contributed by atoms with Crippen molar-refractivity contribution in [3.8, 4) is 11.3 Å². The zero-order chi connectivity index (χ0) is 26.5. The molecule has 5 rings (SSSR count). The average Bonchev–Trinajstić information content (AvgIpc) is 2.94. The molecular formula is C32H35N3O3. The number of carboxylic acid groups (broad SMARTS) is 1. The molecule has 1 heterocycles. The van der Waals surface area contributed by atoms with E-state index < -0.39 is 18.1 Å². The molecule has 0 radical (unpaired) electrons. The number of hydrogen-bond donors (Lipinski definition) is 2. The summed E-state index contributed by atoms with van der Waals surface area (Å²) < 4.78 is 1.28. The smallest absolute Gasteiger partial charge is 0.323 e. The Bertz CT molecular complexity index is 1470. The van der Waals surface area contributed by atoms with Crippen LogP contribution in [0.15, 0.2) is 77.6 Å². The fraction of sp³-hybridized carbons (Fsp3) is 0.344. The molecular weight excluding hydrogens is 474 g/mol. The van der Waals surface area contributed by atoms with Gasteiger partial charge in [0, 0.05) is 17.8 Å². The summed E-state index contributed by atoms with van der Waals surface area (Å²) in [6.07, 6.45) is 7.91. The lowest BCUT2D eigenvalue weighted by molar-refractivity contribution is -0.137. The third kappa shape index (κ3) is 5.64. The fourth-order valence-electron chi connectivity index (χ4n) is 5.80. The fourth-order valence-corrected chi connectivity index (χ4v) is 5.80. The maximum atomic E-state index is 13.4. The van der Waals surface area contributed by atoms with Gasteiger partial charge in [-0.2, -0.15) is 0 Å². The highest BCUT2D eigenvalue weighted by molar-refractivity contribution is 5.82. The van der Waals surface area contributed by atoms with Crippen LogP contribution < -0.4 is 10.9 Å². The number of nitrogens with zero attached hydrogens (tertiary/aromatic N) is 2. The van der Waals surface area contributed by atoms with E-state index in [0.717, 1.165) is 17.2 Å². The van der Waals surface area contributed by atoms with Crippen molar-refractivity contribution in [1.29, 1.82) is 0 Å². The van der Waals surface area contributed by atoms with Crippen LogP contribution in [0.2, 0.25) is 0 Å². The number of hydrogen-bond acceptors (Lipinski definition) is 4. The largest absolute Gasteiger partial charge is 0.480 e. The number of nitrogens with one attached hydrogen (secondary N) is 1. The van der Waals surface area contributed by atoms with Crippen molar-refractivity contribution < 1.29 is 9.90 Å². The van der Waals surface area contributed by atoms with Gasteiger partial charge in [0.25, 0.3) is 5.56 Å². The van der Waals surface area contributed by atoms with Crippen LogP contribution in [0.25, 0.3) is 22.3 Å². The lowest BCUT2D eigenvalue weighted by atomic mass is 9.77. The van der Waals surface area contributed by atoms with Gasteiger partial charge in [0.1, 0.15) is 12.2 Å². The Balaban J connectivity index is 1.35. The normalized spacial score (nSPS) is 17.4. The van der Waals surface area contributed by atoms with E-state index in [0.29, 0.717) is 29.1 Å². The number of fused-ring (bicyclic) bond motifs is 1. The van der Waals surface area contributed by atoms with Crippen LogP contribution in [0.3, 0.4) is 0 Å². The molecule has 0 saturated heterocycles. The Morgan fingerprint density at radius 2 is 1.68 bits per heavy atom. The van der Waals surface area contributed by atoms with Gasteiger partial charge in [0.05, 0.1) is 11.0 Å². The lowest BCUT2D eigenvalue weighted by Gasteiger charge is -2.28. The number of anilines is 1. The average molecular weight is 510 g/mol. The van der Waals surface area contributed by atoms with E-state index in [1.54, 1.807) is 18.2 Å². The molecule has 0 bridgehead atoms. The van der Waals surface area contributed by atoms with Crippen molar-refractivity contribution in [3.63, 3.8) is 0 Å². The Hall–Kier alpha value is -3.93. The molecule has 2 N–H and O–H groups in total. The molecule has 1 fully saturated rings. The Morgan fingerprint density at radius 1 is 0.974 bits per heavy atom. The van der Waals surface area contributed by atoms with Crippen LogP contribution >= 0.6 is 0 Å². The van der Waals surface area contributed by atoms with E-state index in [4.69, 9.17) is 0 Å². The van der Waals surface area contributed by atoms with Gasteiger partial charge < -0.3 is 10.4 Å². The van der Waals surface area contributed by atoms with Gasteiger partial charge in [-0.1, -0.05) is 74.4 Å². The minimum Gasteiger partial charge on any atom is -0.480 e. The number of benzene rings is 3. The number of carboxylic acids is 1. The topological polar surface area (TPSA) is 84.2 Å². The molecule has 6 heteroatoms. The minimum absolute atomic E-state index is 0.238. The van der Waals surface area contributed by atoms with E-state index in [9.17, 15) is 14.7 Å². The van der Waals surface area contributed by atoms with Crippen molar-refractivity contribution in [2.75, 3.05) is 5.32 Å². The monoisotopic (exact) mass is 509 g/mol. The first-order valence-electron chi connectivity index (χ1n) is 13.7. The van der Waals surface area contributed by atoms with Crippen molar-refractivity contribution in [2.45, 2.75) is 64.5 Å². The summed E-state index contributed by atoms with van der Waals surface area (Å²) in [7, 11) is 0. The first-order chi connectivity index (χ1) is 18.5. The maximum absolute atomic E-state index is 13.4. The van der Waals surface area contributed by atoms with E-state index in [1.807, 2.05) is 30.3 Å². The van der Waals surface area contributed by atoms with Gasteiger partial charge in [-0.25, -0.2) is 4.98 Å². The number of rotatable bonds is 9. The Morgan fingerprint density at radius 3 is 2.42 bits per heavy atom. The van der Waals surface area contributed by atoms with Crippen LogP contribution in [0.4, 0.5) is 5.69 Å². The zero-order valence-corrected chi connectivity index (χ0v) is 21.9. The van der Waals surface area contributed by atoms with E-state index >= 15 is 0 Å². The predicted molar refractivity (Wildman–Crippen MR) is 152 cm³/mol. The van der Waals surface area contributed by atoms with Gasteiger partial charge in [0.15, 0.2) is 0 Å². The quantitative estimate of drug-likeness (QED) is 0.258. The third-order valence-corrected chi connectivity index (χ3v) is 7.81. The van der Waals surface area contributed by atoms with Crippen molar-refractivity contribution in [3.05, 3.63) is 94.3 Å². The summed E-state index contributed by atoms with van der Waals surface area (Å²) >= 11 is 0. The van der Waals surface area contributed by atoms with Gasteiger partial charge in [-0.3, -0.25) is 14.2 Å². The van der Waals surface area contributed by atoms with Crippen molar-refractivity contribution in [2.24, 2.45) is 5.92 Å². The van der Waals surface area contributed by atoms with Crippen molar-refractivity contribution in [1.82, 2.24) is 9.55 Å². The van der Waals surface area contributed by atoms with E-state index in [2.05, 4.69) is 41.5 Å². The second-order valence-electron chi connectivity index (χ2n) is 10.4. The second kappa shape index (κ2) is 11.6. The molecule has 3 aromatic carbocycles. The molecule has 1 aromatic heterocycles. The highest BCUT2D eigenvalue weighted by Crippen LogP contribution is 2.37. The molecule has 196 valence electrons. The highest BCUT2D eigenvalue weighted by Gasteiger charge is 2.22. The van der Waals surface area contributed by atoms with Crippen LogP contribution in [0, 0.1) is 5.92 Å². The number of aliphatic carboxylic acids is 1. The molecule has 1 saturated carbocycles. The van der Waals surface area contributed by atoms with E-state index in [-0.39, 0.29) is 5.69 Å². The zero-order valence-electron chi connectivity index (χ0n) is 21.9. The van der Waals surface area contributed by atoms with Gasteiger partial charge in [-0.15, -0.1) is 0 Å². The van der Waals surface area contributed by atoms with Crippen LogP contribution in [0.1, 0.15) is 62.5 Å². The first-order valence-corrected chi connectivity index (χ1v) is 13.7. The molecule has 0 spiro atoms. The van der Waals surface area contributed by atoms with Crippen molar-refractivity contribution >= 4 is 22.7 Å². The number of carbonyl (C=O) groups is 1.